The van der Waals surface area contributed by atoms with Crippen molar-refractivity contribution < 1.29 is 30.8 Å². The molecule has 194 valence electrons. The van der Waals surface area contributed by atoms with Crippen molar-refractivity contribution in [2.45, 2.75) is 45.2 Å². The molecule has 12 heteroatoms. The van der Waals surface area contributed by atoms with Crippen molar-refractivity contribution in [1.29, 1.82) is 0 Å². The van der Waals surface area contributed by atoms with Gasteiger partial charge in [0.05, 0.1) is 23.1 Å². The molecule has 3 heterocycles. The molecule has 2 saturated heterocycles. The number of hydrogen-bond acceptors (Lipinski definition) is 6. The summed E-state index contributed by atoms with van der Waals surface area (Å²) in [6.07, 6.45) is -3.04. The van der Waals surface area contributed by atoms with Gasteiger partial charge in [-0.25, -0.2) is 12.8 Å². The zero-order valence-corrected chi connectivity index (χ0v) is 20.4. The molecular formula is C23H30F4N4O3S. The lowest BCUT2D eigenvalue weighted by Crippen LogP contribution is -2.57. The molecule has 0 aromatic heterocycles. The van der Waals surface area contributed by atoms with Gasteiger partial charge in [0, 0.05) is 38.0 Å². The molecule has 0 aliphatic carbocycles. The second-order valence-corrected chi connectivity index (χ2v) is 10.7. The van der Waals surface area contributed by atoms with Crippen LogP contribution in [0.5, 0.6) is 0 Å². The average Bonchev–Trinajstić information content (AvgIpc) is 2.84. The second kappa shape index (κ2) is 11.1. The van der Waals surface area contributed by atoms with Gasteiger partial charge in [-0.3, -0.25) is 14.7 Å². The number of alkyl halides is 3. The highest BCUT2D eigenvalue weighted by molar-refractivity contribution is 7.91. The highest BCUT2D eigenvalue weighted by Gasteiger charge is 2.40. The van der Waals surface area contributed by atoms with Crippen LogP contribution < -0.4 is 5.32 Å². The smallest absolute Gasteiger partial charge is 0.357 e. The van der Waals surface area contributed by atoms with Gasteiger partial charge in [-0.05, 0) is 30.5 Å². The molecule has 1 amide bonds. The van der Waals surface area contributed by atoms with E-state index in [-0.39, 0.29) is 43.3 Å². The van der Waals surface area contributed by atoms with Crippen LogP contribution >= 0.6 is 0 Å². The molecule has 1 N–H and O–H groups in total. The van der Waals surface area contributed by atoms with Crippen LogP contribution in [-0.4, -0.2) is 73.9 Å². The fraction of sp³-hybridized carbons (Fsp3) is 0.565. The first-order chi connectivity index (χ1) is 16.5. The van der Waals surface area contributed by atoms with E-state index in [2.05, 4.69) is 10.3 Å². The first kappa shape index (κ1) is 27.1. The van der Waals surface area contributed by atoms with Crippen molar-refractivity contribution in [2.24, 2.45) is 10.9 Å². The molecule has 0 bridgehead atoms. The number of amides is 1. The number of benzene rings is 1. The van der Waals surface area contributed by atoms with E-state index in [9.17, 15) is 30.8 Å². The fourth-order valence-electron chi connectivity index (χ4n) is 4.38. The lowest BCUT2D eigenvalue weighted by atomic mass is 9.96. The number of aliphatic imine (C=N–C) groups is 1. The number of rotatable bonds is 3. The molecule has 2 atom stereocenters. The van der Waals surface area contributed by atoms with E-state index in [4.69, 9.17) is 0 Å². The zero-order chi connectivity index (χ0) is 25.8. The lowest BCUT2D eigenvalue weighted by molar-refractivity contribution is -0.141. The second-order valence-electron chi connectivity index (χ2n) is 8.44. The third kappa shape index (κ3) is 6.60. The highest BCUT2D eigenvalue weighted by Crippen LogP contribution is 2.32. The van der Waals surface area contributed by atoms with E-state index in [0.29, 0.717) is 12.1 Å². The molecule has 1 aromatic carbocycles. The molecule has 4 rings (SSSR count). The third-order valence-electron chi connectivity index (χ3n) is 6.27. The Bertz CT molecular complexity index is 1040. The number of nitrogens with zero attached hydrogens (tertiary/aromatic N) is 3. The van der Waals surface area contributed by atoms with Crippen LogP contribution in [0.2, 0.25) is 0 Å². The molecule has 2 fully saturated rings. The summed E-state index contributed by atoms with van der Waals surface area (Å²) in [5.74, 6) is -1.05. The molecule has 0 spiro atoms. The van der Waals surface area contributed by atoms with Crippen LogP contribution in [0.4, 0.5) is 17.6 Å². The van der Waals surface area contributed by atoms with Gasteiger partial charge >= 0.3 is 6.18 Å². The Morgan fingerprint density at radius 2 is 1.71 bits per heavy atom. The number of carbonyl (C=O) groups excluding carboxylic acids is 1. The van der Waals surface area contributed by atoms with E-state index in [1.807, 2.05) is 18.7 Å². The Morgan fingerprint density at radius 3 is 2.26 bits per heavy atom. The largest absolute Gasteiger partial charge is 0.419 e. The highest BCUT2D eigenvalue weighted by atomic mass is 32.2. The lowest BCUT2D eigenvalue weighted by Gasteiger charge is -2.45. The topological polar surface area (TPSA) is 82.1 Å². The maximum atomic E-state index is 13.5. The van der Waals surface area contributed by atoms with Crippen LogP contribution in [-0.2, 0) is 14.6 Å². The van der Waals surface area contributed by atoms with Crippen molar-refractivity contribution in [3.05, 3.63) is 47.4 Å². The van der Waals surface area contributed by atoms with Crippen molar-refractivity contribution in [1.82, 2.24) is 15.1 Å². The summed E-state index contributed by atoms with van der Waals surface area (Å²) in [6.45, 7) is 4.92. The standard InChI is InChI=1S/C21H24F4N4O3S.C2H6/c22-17-3-1-14(2-4-17)18-13-28(20-26-11-16(12-27-20)21(23,24)25)7-8-29(18)19(30)15-5-9-33(31,32)10-6-15;1-2/h1-4,11-12,15,18,20,26H,5-10,13H2;1-2H3. The maximum Gasteiger partial charge on any atom is 0.419 e. The summed E-state index contributed by atoms with van der Waals surface area (Å²) in [5, 5.41) is 2.66. The number of sulfone groups is 1. The van der Waals surface area contributed by atoms with Gasteiger partial charge in [-0.2, -0.15) is 13.2 Å². The number of halogens is 4. The Balaban J connectivity index is 0.00000167. The SMILES string of the molecule is CC.O=C(C1CCS(=O)(=O)CC1)N1CCN(C2N=CC(C(F)(F)F)=CN2)CC1c1ccc(F)cc1. The number of piperazine rings is 1. The van der Waals surface area contributed by atoms with Gasteiger partial charge in [0.1, 0.15) is 15.7 Å². The van der Waals surface area contributed by atoms with Crippen molar-refractivity contribution in [3.63, 3.8) is 0 Å². The number of hydrogen-bond donors (Lipinski definition) is 1. The van der Waals surface area contributed by atoms with Crippen LogP contribution in [0.1, 0.15) is 38.3 Å². The van der Waals surface area contributed by atoms with E-state index in [1.54, 1.807) is 17.0 Å². The molecular weight excluding hydrogens is 488 g/mol. The summed E-state index contributed by atoms with van der Waals surface area (Å²) >= 11 is 0. The fourth-order valence-corrected chi connectivity index (χ4v) is 5.87. The summed E-state index contributed by atoms with van der Waals surface area (Å²) in [6, 6.07) is 5.26. The summed E-state index contributed by atoms with van der Waals surface area (Å²) in [7, 11) is -3.12. The van der Waals surface area contributed by atoms with Gasteiger partial charge in [0.2, 0.25) is 5.91 Å². The first-order valence-electron chi connectivity index (χ1n) is 11.6. The predicted octanol–water partition coefficient (Wildman–Crippen LogP) is 3.27. The Kier molecular flexibility index (Phi) is 8.58. The molecule has 3 aliphatic heterocycles. The van der Waals surface area contributed by atoms with E-state index < -0.39 is 45.7 Å². The number of carbonyl (C=O) groups is 1. The van der Waals surface area contributed by atoms with Gasteiger partial charge in [-0.1, -0.05) is 26.0 Å². The molecule has 2 unspecified atom stereocenters. The van der Waals surface area contributed by atoms with Crippen LogP contribution in [0.25, 0.3) is 0 Å². The summed E-state index contributed by atoms with van der Waals surface area (Å²) < 4.78 is 75.6. The van der Waals surface area contributed by atoms with Crippen LogP contribution in [0.15, 0.2) is 41.0 Å². The third-order valence-corrected chi connectivity index (χ3v) is 7.98. The van der Waals surface area contributed by atoms with Gasteiger partial charge in [0.25, 0.3) is 0 Å². The van der Waals surface area contributed by atoms with Crippen molar-refractivity contribution in [3.8, 4) is 0 Å². The van der Waals surface area contributed by atoms with Gasteiger partial charge in [0.15, 0.2) is 6.29 Å². The molecule has 7 nitrogen and oxygen atoms in total. The van der Waals surface area contributed by atoms with Gasteiger partial charge in [-0.15, -0.1) is 0 Å². The molecule has 0 saturated carbocycles. The molecule has 0 radical (unpaired) electrons. The van der Waals surface area contributed by atoms with Crippen LogP contribution in [0.3, 0.4) is 0 Å². The van der Waals surface area contributed by atoms with Gasteiger partial charge < -0.3 is 10.2 Å². The van der Waals surface area contributed by atoms with Crippen LogP contribution in [0, 0.1) is 11.7 Å². The van der Waals surface area contributed by atoms with E-state index in [1.165, 1.54) is 12.1 Å². The van der Waals surface area contributed by atoms with E-state index in [0.717, 1.165) is 12.4 Å². The molecule has 1 aromatic rings. The van der Waals surface area contributed by atoms with Crippen molar-refractivity contribution >= 4 is 22.0 Å². The number of allylic oxidation sites excluding steroid dienone is 1. The van der Waals surface area contributed by atoms with Crippen molar-refractivity contribution in [2.75, 3.05) is 31.1 Å². The summed E-state index contributed by atoms with van der Waals surface area (Å²) in [5.41, 5.74) is -0.195. The Labute approximate surface area is 202 Å². The predicted molar refractivity (Wildman–Crippen MR) is 125 cm³/mol. The Hall–Kier alpha value is -2.47. The minimum absolute atomic E-state index is 0.0286. The monoisotopic (exact) mass is 518 g/mol. The zero-order valence-electron chi connectivity index (χ0n) is 19.6. The minimum Gasteiger partial charge on any atom is -0.357 e. The summed E-state index contributed by atoms with van der Waals surface area (Å²) in [4.78, 5) is 20.8. The van der Waals surface area contributed by atoms with E-state index >= 15 is 0 Å². The minimum atomic E-state index is -4.50. The maximum absolute atomic E-state index is 13.5. The molecule has 35 heavy (non-hydrogen) atoms. The molecule has 3 aliphatic rings. The normalized spacial score (nSPS) is 25.2. The number of nitrogens with one attached hydrogen (secondary N) is 1. The average molecular weight is 519 g/mol. The quantitative estimate of drug-likeness (QED) is 0.622. The Morgan fingerprint density at radius 1 is 1.09 bits per heavy atom. The first-order valence-corrected chi connectivity index (χ1v) is 13.4.